The van der Waals surface area contributed by atoms with E-state index in [-0.39, 0.29) is 6.29 Å². The first-order valence-electron chi connectivity index (χ1n) is 5.10. The van der Waals surface area contributed by atoms with E-state index < -0.39 is 43.0 Å². The molecule has 0 heterocycles. The van der Waals surface area contributed by atoms with Gasteiger partial charge in [0.1, 0.15) is 12.2 Å². The van der Waals surface area contributed by atoms with Gasteiger partial charge in [-0.1, -0.05) is 0 Å². The smallest absolute Gasteiger partial charge is 0.303 e. The van der Waals surface area contributed by atoms with E-state index in [0.717, 1.165) is 13.8 Å². The summed E-state index contributed by atoms with van der Waals surface area (Å²) in [6, 6.07) is 0. The van der Waals surface area contributed by atoms with Crippen LogP contribution in [0.3, 0.4) is 0 Å². The molecule has 0 spiro atoms. The minimum Gasteiger partial charge on any atom is -0.455 e. The minimum atomic E-state index is -1.77. The maximum Gasteiger partial charge on any atom is 0.303 e. The SMILES string of the molecule is CC(=O)O[C@@H]([C@H](O)[C@H](O)CO)[C@H](C=O)OC(C)=O. The van der Waals surface area contributed by atoms with Gasteiger partial charge in [0.25, 0.3) is 0 Å². The molecule has 0 aliphatic carbocycles. The van der Waals surface area contributed by atoms with Crippen LogP contribution in [0.2, 0.25) is 0 Å². The lowest BCUT2D eigenvalue weighted by Crippen LogP contribution is -2.50. The van der Waals surface area contributed by atoms with Crippen LogP contribution in [0.4, 0.5) is 0 Å². The summed E-state index contributed by atoms with van der Waals surface area (Å²) in [5.41, 5.74) is 0. The molecular formula is C10H16O8. The fourth-order valence-corrected chi connectivity index (χ4v) is 1.21. The van der Waals surface area contributed by atoms with E-state index in [2.05, 4.69) is 9.47 Å². The lowest BCUT2D eigenvalue weighted by Gasteiger charge is -2.28. The molecule has 3 N–H and O–H groups in total. The summed E-state index contributed by atoms with van der Waals surface area (Å²) in [6.45, 7) is 1.22. The molecule has 0 aromatic heterocycles. The Kier molecular flexibility index (Phi) is 7.10. The molecule has 0 saturated carbocycles. The lowest BCUT2D eigenvalue weighted by molar-refractivity contribution is -0.182. The summed E-state index contributed by atoms with van der Waals surface area (Å²) in [5, 5.41) is 27.5. The normalized spacial score (nSPS) is 17.2. The highest BCUT2D eigenvalue weighted by Gasteiger charge is 2.37. The molecule has 0 radical (unpaired) electrons. The minimum absolute atomic E-state index is 0.155. The Balaban J connectivity index is 4.98. The van der Waals surface area contributed by atoms with Crippen LogP contribution in [0, 0.1) is 0 Å². The van der Waals surface area contributed by atoms with E-state index >= 15 is 0 Å². The molecule has 0 bridgehead atoms. The Morgan fingerprint density at radius 3 is 2.00 bits per heavy atom. The zero-order valence-corrected chi connectivity index (χ0v) is 9.98. The van der Waals surface area contributed by atoms with Crippen molar-refractivity contribution in [2.24, 2.45) is 0 Å². The van der Waals surface area contributed by atoms with Crippen LogP contribution >= 0.6 is 0 Å². The van der Waals surface area contributed by atoms with Gasteiger partial charge in [0, 0.05) is 13.8 Å². The second-order valence-corrected chi connectivity index (χ2v) is 3.52. The zero-order chi connectivity index (χ0) is 14.3. The summed E-state index contributed by atoms with van der Waals surface area (Å²) in [4.78, 5) is 32.3. The van der Waals surface area contributed by atoms with Crippen LogP contribution in [0.5, 0.6) is 0 Å². The number of esters is 2. The number of aliphatic hydroxyl groups excluding tert-OH is 3. The summed E-state index contributed by atoms with van der Waals surface area (Å²) in [6.07, 6.45) is -6.42. The first-order chi connectivity index (χ1) is 8.33. The number of hydrogen-bond acceptors (Lipinski definition) is 8. The Labute approximate surface area is 103 Å². The summed E-state index contributed by atoms with van der Waals surface area (Å²) in [5.74, 6) is -1.67. The van der Waals surface area contributed by atoms with Gasteiger partial charge in [-0.2, -0.15) is 0 Å². The van der Waals surface area contributed by atoms with Gasteiger partial charge in [-0.3, -0.25) is 14.4 Å². The van der Waals surface area contributed by atoms with Crippen LogP contribution in [0.25, 0.3) is 0 Å². The summed E-state index contributed by atoms with van der Waals surface area (Å²) < 4.78 is 9.16. The molecular weight excluding hydrogens is 248 g/mol. The molecule has 0 unspecified atom stereocenters. The first kappa shape index (κ1) is 16.5. The van der Waals surface area contributed by atoms with E-state index in [1.807, 2.05) is 0 Å². The Hall–Kier alpha value is -1.51. The highest BCUT2D eigenvalue weighted by Crippen LogP contribution is 2.12. The van der Waals surface area contributed by atoms with Gasteiger partial charge in [-0.05, 0) is 0 Å². The van der Waals surface area contributed by atoms with Crippen molar-refractivity contribution < 1.29 is 39.2 Å². The number of aliphatic hydroxyl groups is 3. The first-order valence-corrected chi connectivity index (χ1v) is 5.10. The van der Waals surface area contributed by atoms with E-state index in [9.17, 15) is 24.6 Å². The molecule has 8 nitrogen and oxygen atoms in total. The van der Waals surface area contributed by atoms with Gasteiger partial charge in [0.05, 0.1) is 6.61 Å². The van der Waals surface area contributed by atoms with Crippen LogP contribution in [0.15, 0.2) is 0 Å². The second-order valence-electron chi connectivity index (χ2n) is 3.52. The Morgan fingerprint density at radius 1 is 1.17 bits per heavy atom. The molecule has 4 atom stereocenters. The molecule has 0 aliphatic heterocycles. The van der Waals surface area contributed by atoms with Crippen molar-refractivity contribution in [3.8, 4) is 0 Å². The van der Waals surface area contributed by atoms with Gasteiger partial charge >= 0.3 is 11.9 Å². The van der Waals surface area contributed by atoms with Crippen molar-refractivity contribution >= 4 is 18.2 Å². The average Bonchev–Trinajstić information content (AvgIpc) is 2.30. The molecule has 18 heavy (non-hydrogen) atoms. The average molecular weight is 264 g/mol. The summed E-state index contributed by atoms with van der Waals surface area (Å²) in [7, 11) is 0. The highest BCUT2D eigenvalue weighted by atomic mass is 16.6. The van der Waals surface area contributed by atoms with Crippen molar-refractivity contribution in [2.45, 2.75) is 38.3 Å². The molecule has 8 heteroatoms. The standard InChI is InChI=1S/C10H16O8/c1-5(13)17-8(4-12)10(18-6(2)14)9(16)7(15)3-11/h4,7-11,15-16H,3H2,1-2H3/t7-,8+,9-,10-/m1/s1. The van der Waals surface area contributed by atoms with Gasteiger partial charge in [-0.25, -0.2) is 0 Å². The van der Waals surface area contributed by atoms with Gasteiger partial charge < -0.3 is 24.8 Å². The number of carbonyl (C=O) groups excluding carboxylic acids is 3. The van der Waals surface area contributed by atoms with Crippen molar-refractivity contribution in [2.75, 3.05) is 6.61 Å². The van der Waals surface area contributed by atoms with Crippen LogP contribution in [0.1, 0.15) is 13.8 Å². The molecule has 0 aliphatic rings. The maximum atomic E-state index is 10.8. The van der Waals surface area contributed by atoms with Crippen molar-refractivity contribution in [1.82, 2.24) is 0 Å². The number of ether oxygens (including phenoxy) is 2. The van der Waals surface area contributed by atoms with Gasteiger partial charge in [-0.15, -0.1) is 0 Å². The molecule has 0 amide bonds. The Bertz CT molecular complexity index is 302. The summed E-state index contributed by atoms with van der Waals surface area (Å²) >= 11 is 0. The second kappa shape index (κ2) is 7.75. The fraction of sp³-hybridized carbons (Fsp3) is 0.700. The van der Waals surface area contributed by atoms with Crippen molar-refractivity contribution in [1.29, 1.82) is 0 Å². The third-order valence-corrected chi connectivity index (χ3v) is 1.98. The number of rotatable bonds is 7. The lowest BCUT2D eigenvalue weighted by atomic mass is 10.0. The van der Waals surface area contributed by atoms with Gasteiger partial charge in [0.15, 0.2) is 18.5 Å². The van der Waals surface area contributed by atoms with Crippen LogP contribution in [-0.4, -0.2) is 64.6 Å². The molecule has 0 fully saturated rings. The maximum absolute atomic E-state index is 10.8. The highest BCUT2D eigenvalue weighted by molar-refractivity contribution is 5.71. The topological polar surface area (TPSA) is 130 Å². The third-order valence-electron chi connectivity index (χ3n) is 1.98. The number of aldehydes is 1. The van der Waals surface area contributed by atoms with E-state index in [1.54, 1.807) is 0 Å². The van der Waals surface area contributed by atoms with Crippen LogP contribution in [-0.2, 0) is 23.9 Å². The predicted octanol–water partition coefficient (Wildman–Crippen LogP) is -2.24. The molecule has 0 saturated heterocycles. The quantitative estimate of drug-likeness (QED) is 0.347. The fourth-order valence-electron chi connectivity index (χ4n) is 1.21. The predicted molar refractivity (Wildman–Crippen MR) is 56.3 cm³/mol. The zero-order valence-electron chi connectivity index (χ0n) is 9.98. The monoisotopic (exact) mass is 264 g/mol. The largest absolute Gasteiger partial charge is 0.455 e. The van der Waals surface area contributed by atoms with E-state index in [4.69, 9.17) is 5.11 Å². The van der Waals surface area contributed by atoms with E-state index in [0.29, 0.717) is 0 Å². The van der Waals surface area contributed by atoms with Crippen molar-refractivity contribution in [3.63, 3.8) is 0 Å². The Morgan fingerprint density at radius 2 is 1.67 bits per heavy atom. The molecule has 0 aromatic carbocycles. The number of carbonyl (C=O) groups is 3. The number of hydrogen-bond donors (Lipinski definition) is 3. The molecule has 104 valence electrons. The third kappa shape index (κ3) is 5.21. The van der Waals surface area contributed by atoms with Gasteiger partial charge in [0.2, 0.25) is 0 Å². The van der Waals surface area contributed by atoms with Crippen LogP contribution < -0.4 is 0 Å². The van der Waals surface area contributed by atoms with Crippen molar-refractivity contribution in [3.05, 3.63) is 0 Å². The molecule has 0 aromatic rings. The molecule has 0 rings (SSSR count). The van der Waals surface area contributed by atoms with E-state index in [1.165, 1.54) is 0 Å².